The summed E-state index contributed by atoms with van der Waals surface area (Å²) in [4.78, 5) is 50.9. The summed E-state index contributed by atoms with van der Waals surface area (Å²) in [6.45, 7) is 0. The molecule has 1 aromatic carbocycles. The number of carbonyl (C=O) groups excluding carboxylic acids is 4. The summed E-state index contributed by atoms with van der Waals surface area (Å²) in [6, 6.07) is 4.77. The molecule has 0 aromatic heterocycles. The first-order valence-corrected chi connectivity index (χ1v) is 4.42. The maximum absolute atomic E-state index is 11.4. The molecule has 0 saturated heterocycles. The average molecular weight is 254 g/mol. The molecule has 1 aromatic rings. The monoisotopic (exact) mass is 254 g/mol. The molecule has 0 heterocycles. The second-order valence-corrected chi connectivity index (χ2v) is 2.96. The molecule has 0 fully saturated rings. The Hall–Kier alpha value is -2.58. The second kappa shape index (κ2) is 5.66. The molecule has 2 N–H and O–H groups in total. The average Bonchev–Trinajstić information content (AvgIpc) is 2.43. The standard InChI is InChI=1S/C10H6O8/c11-7(9(13)17-15)5-3-1-2-4-6(5)8(12)10(14)18-16/h1-4,15-16H. The molecule has 0 atom stereocenters. The van der Waals surface area contributed by atoms with E-state index >= 15 is 0 Å². The van der Waals surface area contributed by atoms with Crippen molar-refractivity contribution in [1.29, 1.82) is 0 Å². The molecule has 0 amide bonds. The van der Waals surface area contributed by atoms with Crippen molar-refractivity contribution in [2.45, 2.75) is 0 Å². The van der Waals surface area contributed by atoms with Crippen LogP contribution in [0.15, 0.2) is 24.3 Å². The molecule has 0 radical (unpaired) electrons. The minimum Gasteiger partial charge on any atom is -0.292 e. The molecule has 0 aliphatic heterocycles. The molecular weight excluding hydrogens is 248 g/mol. The van der Waals surface area contributed by atoms with E-state index in [0.29, 0.717) is 0 Å². The summed E-state index contributed by atoms with van der Waals surface area (Å²) in [5.74, 6) is -5.89. The summed E-state index contributed by atoms with van der Waals surface area (Å²) >= 11 is 0. The third-order valence-electron chi connectivity index (χ3n) is 1.95. The zero-order chi connectivity index (χ0) is 13.7. The van der Waals surface area contributed by atoms with Crippen LogP contribution in [-0.2, 0) is 19.4 Å². The lowest BCUT2D eigenvalue weighted by Crippen LogP contribution is -2.23. The van der Waals surface area contributed by atoms with Crippen LogP contribution >= 0.6 is 0 Å². The van der Waals surface area contributed by atoms with Crippen molar-refractivity contribution in [3.05, 3.63) is 35.4 Å². The predicted molar refractivity (Wildman–Crippen MR) is 52.5 cm³/mol. The maximum atomic E-state index is 11.4. The van der Waals surface area contributed by atoms with Gasteiger partial charge in [-0.1, -0.05) is 24.3 Å². The largest absolute Gasteiger partial charge is 0.413 e. The van der Waals surface area contributed by atoms with Crippen molar-refractivity contribution < 1.29 is 39.5 Å². The third-order valence-corrected chi connectivity index (χ3v) is 1.95. The predicted octanol–water partition coefficient (Wildman–Crippen LogP) is 0.0844. The highest BCUT2D eigenvalue weighted by Crippen LogP contribution is 2.12. The Kier molecular flexibility index (Phi) is 4.24. The zero-order valence-corrected chi connectivity index (χ0v) is 8.65. The lowest BCUT2D eigenvalue weighted by molar-refractivity contribution is -0.227. The Balaban J connectivity index is 3.23. The van der Waals surface area contributed by atoms with Crippen LogP contribution < -0.4 is 0 Å². The van der Waals surface area contributed by atoms with E-state index in [9.17, 15) is 19.2 Å². The molecule has 18 heavy (non-hydrogen) atoms. The van der Waals surface area contributed by atoms with Crippen LogP contribution in [0.1, 0.15) is 20.7 Å². The van der Waals surface area contributed by atoms with Gasteiger partial charge in [0.25, 0.3) is 11.6 Å². The van der Waals surface area contributed by atoms with Crippen LogP contribution in [0.5, 0.6) is 0 Å². The fourth-order valence-electron chi connectivity index (χ4n) is 1.18. The first kappa shape index (κ1) is 13.5. The molecule has 0 bridgehead atoms. The van der Waals surface area contributed by atoms with Crippen LogP contribution in [0.4, 0.5) is 0 Å². The molecule has 94 valence electrons. The molecule has 1 rings (SSSR count). The number of ketones is 2. The third kappa shape index (κ3) is 2.56. The summed E-state index contributed by atoms with van der Waals surface area (Å²) in [6.07, 6.45) is 0. The van der Waals surface area contributed by atoms with E-state index < -0.39 is 34.6 Å². The van der Waals surface area contributed by atoms with E-state index in [1.165, 1.54) is 12.1 Å². The SMILES string of the molecule is O=C(OO)C(=O)c1ccccc1C(=O)C(=O)OO. The van der Waals surface area contributed by atoms with E-state index in [1.54, 1.807) is 0 Å². The molecular formula is C10H6O8. The first-order valence-electron chi connectivity index (χ1n) is 4.42. The lowest BCUT2D eigenvalue weighted by atomic mass is 10.0. The van der Waals surface area contributed by atoms with Crippen molar-refractivity contribution >= 4 is 23.5 Å². The Morgan fingerprint density at radius 3 is 1.39 bits per heavy atom. The highest BCUT2D eigenvalue weighted by atomic mass is 17.1. The van der Waals surface area contributed by atoms with Gasteiger partial charge in [0.15, 0.2) is 0 Å². The van der Waals surface area contributed by atoms with E-state index in [4.69, 9.17) is 10.5 Å². The van der Waals surface area contributed by atoms with Crippen LogP contribution in [-0.4, -0.2) is 34.0 Å². The maximum Gasteiger partial charge on any atom is 0.413 e. The van der Waals surface area contributed by atoms with Crippen LogP contribution in [0.25, 0.3) is 0 Å². The van der Waals surface area contributed by atoms with Crippen molar-refractivity contribution in [3.63, 3.8) is 0 Å². The van der Waals surface area contributed by atoms with Gasteiger partial charge in [0.05, 0.1) is 0 Å². The number of Topliss-reactive ketones (excluding diaryl/α,β-unsaturated/α-hetero) is 2. The van der Waals surface area contributed by atoms with Gasteiger partial charge in [0, 0.05) is 11.1 Å². The van der Waals surface area contributed by atoms with Gasteiger partial charge >= 0.3 is 11.9 Å². The summed E-state index contributed by atoms with van der Waals surface area (Å²) in [7, 11) is 0. The number of carbonyl (C=O) groups is 4. The quantitative estimate of drug-likeness (QED) is 0.334. The van der Waals surface area contributed by atoms with Crippen molar-refractivity contribution in [2.24, 2.45) is 0 Å². The highest BCUT2D eigenvalue weighted by Gasteiger charge is 2.27. The molecule has 0 aliphatic carbocycles. The number of hydrogen-bond acceptors (Lipinski definition) is 8. The fourth-order valence-corrected chi connectivity index (χ4v) is 1.18. The number of rotatable bonds is 4. The fraction of sp³-hybridized carbons (Fsp3) is 0. The van der Waals surface area contributed by atoms with E-state index in [1.807, 2.05) is 0 Å². The van der Waals surface area contributed by atoms with Gasteiger partial charge in [0.1, 0.15) is 0 Å². The van der Waals surface area contributed by atoms with Gasteiger partial charge in [-0.2, -0.15) is 10.5 Å². The molecule has 8 heteroatoms. The highest BCUT2D eigenvalue weighted by molar-refractivity contribution is 6.47. The summed E-state index contributed by atoms with van der Waals surface area (Å²) in [5, 5.41) is 16.1. The van der Waals surface area contributed by atoms with Gasteiger partial charge in [-0.15, -0.1) is 0 Å². The van der Waals surface area contributed by atoms with E-state index in [-0.39, 0.29) is 0 Å². The Labute approximate surface area is 99.2 Å². The molecule has 0 aliphatic rings. The normalized spacial score (nSPS) is 9.44. The first-order chi connectivity index (χ1) is 8.52. The molecule has 0 unspecified atom stereocenters. The van der Waals surface area contributed by atoms with Crippen molar-refractivity contribution in [3.8, 4) is 0 Å². The Morgan fingerprint density at radius 1 is 0.778 bits per heavy atom. The second-order valence-electron chi connectivity index (χ2n) is 2.96. The number of hydrogen-bond donors (Lipinski definition) is 2. The number of benzene rings is 1. The molecule has 0 saturated carbocycles. The summed E-state index contributed by atoms with van der Waals surface area (Å²) in [5.41, 5.74) is -0.932. The Bertz CT molecular complexity index is 471. The minimum absolute atomic E-state index is 0.466. The Morgan fingerprint density at radius 2 is 1.11 bits per heavy atom. The molecule has 0 spiro atoms. The summed E-state index contributed by atoms with van der Waals surface area (Å²) < 4.78 is 0. The van der Waals surface area contributed by atoms with E-state index in [0.717, 1.165) is 12.1 Å². The lowest BCUT2D eigenvalue weighted by Gasteiger charge is -2.03. The topological polar surface area (TPSA) is 127 Å². The van der Waals surface area contributed by atoms with Gasteiger partial charge in [-0.25, -0.2) is 9.59 Å². The van der Waals surface area contributed by atoms with Crippen molar-refractivity contribution in [1.82, 2.24) is 0 Å². The van der Waals surface area contributed by atoms with Gasteiger partial charge in [0.2, 0.25) is 0 Å². The van der Waals surface area contributed by atoms with Crippen LogP contribution in [0.2, 0.25) is 0 Å². The van der Waals surface area contributed by atoms with Crippen LogP contribution in [0, 0.1) is 0 Å². The van der Waals surface area contributed by atoms with Gasteiger partial charge in [-0.3, -0.25) is 19.4 Å². The van der Waals surface area contributed by atoms with Gasteiger partial charge in [-0.05, 0) is 0 Å². The van der Waals surface area contributed by atoms with Gasteiger partial charge < -0.3 is 0 Å². The minimum atomic E-state index is -1.62. The molecule has 8 nitrogen and oxygen atoms in total. The zero-order valence-electron chi connectivity index (χ0n) is 8.65. The van der Waals surface area contributed by atoms with E-state index in [2.05, 4.69) is 9.78 Å². The van der Waals surface area contributed by atoms with Crippen LogP contribution in [0.3, 0.4) is 0 Å². The smallest absolute Gasteiger partial charge is 0.292 e. The van der Waals surface area contributed by atoms with Crippen molar-refractivity contribution in [2.75, 3.05) is 0 Å².